The molecule has 52 heavy (non-hydrogen) atoms. The van der Waals surface area contributed by atoms with Gasteiger partial charge in [-0.1, -0.05) is 81.4 Å². The molecule has 0 saturated carbocycles. The molecule has 0 radical (unpaired) electrons. The maximum atomic E-state index is 12.4. The third kappa shape index (κ3) is 9.27. The van der Waals surface area contributed by atoms with E-state index in [1.165, 1.54) is 35.2 Å². The van der Waals surface area contributed by atoms with Gasteiger partial charge in [0.1, 0.15) is 43.2 Å². The van der Waals surface area contributed by atoms with Crippen molar-refractivity contribution in [3.8, 4) is 0 Å². The van der Waals surface area contributed by atoms with E-state index in [2.05, 4.69) is 45.0 Å². The number of benzene rings is 2. The van der Waals surface area contributed by atoms with Crippen LogP contribution in [0.15, 0.2) is 60.7 Å². The van der Waals surface area contributed by atoms with E-state index in [1.807, 2.05) is 36.4 Å². The summed E-state index contributed by atoms with van der Waals surface area (Å²) >= 11 is 0. The van der Waals surface area contributed by atoms with Crippen LogP contribution < -0.4 is 10.4 Å². The zero-order valence-electron chi connectivity index (χ0n) is 31.2. The summed E-state index contributed by atoms with van der Waals surface area (Å²) in [5, 5.41) is 12.8. The molecule has 2 saturated heterocycles. The van der Waals surface area contributed by atoms with Crippen LogP contribution >= 0.6 is 0 Å². The van der Waals surface area contributed by atoms with Gasteiger partial charge in [-0.05, 0) is 15.4 Å². The zero-order valence-corrected chi connectivity index (χ0v) is 32.2. The van der Waals surface area contributed by atoms with Gasteiger partial charge < -0.3 is 52.2 Å². The molecule has 0 amide bonds. The Morgan fingerprint density at radius 1 is 0.654 bits per heavy atom. The van der Waals surface area contributed by atoms with Crippen molar-refractivity contribution in [2.45, 2.75) is 108 Å². The maximum absolute atomic E-state index is 12.4. The summed E-state index contributed by atoms with van der Waals surface area (Å²) in [6, 6.07) is 20.2. The van der Waals surface area contributed by atoms with Crippen LogP contribution in [0.5, 0.6) is 0 Å². The molecule has 1 N–H and O–H groups in total. The van der Waals surface area contributed by atoms with Gasteiger partial charge in [0.05, 0.1) is 6.61 Å². The van der Waals surface area contributed by atoms with Crippen molar-refractivity contribution in [3.63, 3.8) is 0 Å². The van der Waals surface area contributed by atoms with Gasteiger partial charge in [0.25, 0.3) is 8.32 Å². The number of aliphatic hydroxyl groups is 1. The SMILES string of the molecule is CO[C@@H]1[C@H](OC)[C@@H](O[C@@H]2[C@H](OC(C)=O)[C@@H](O)O[C@H](COC(C)=O)[C@H]2OC(C)=O)O[C@H](CO[Si](c2ccccc2)(c2ccccc2)C(C)(C)C)[C@H]1OC. The van der Waals surface area contributed by atoms with Crippen molar-refractivity contribution in [1.29, 1.82) is 0 Å². The molecule has 10 atom stereocenters. The van der Waals surface area contributed by atoms with Crippen LogP contribution in [0.2, 0.25) is 5.04 Å². The van der Waals surface area contributed by atoms with E-state index in [4.69, 9.17) is 47.1 Å². The molecule has 15 heteroatoms. The quantitative estimate of drug-likeness (QED) is 0.169. The Bertz CT molecular complexity index is 1410. The van der Waals surface area contributed by atoms with E-state index in [0.29, 0.717) is 0 Å². The molecule has 0 aromatic heterocycles. The van der Waals surface area contributed by atoms with Crippen LogP contribution in [-0.2, 0) is 61.4 Å². The van der Waals surface area contributed by atoms with Crippen molar-refractivity contribution in [2.24, 2.45) is 0 Å². The predicted molar refractivity (Wildman–Crippen MR) is 188 cm³/mol. The summed E-state index contributed by atoms with van der Waals surface area (Å²) in [6.45, 7) is 9.62. The first-order chi connectivity index (χ1) is 24.7. The molecule has 0 spiro atoms. The summed E-state index contributed by atoms with van der Waals surface area (Å²) in [6.07, 6.45) is -11.7. The molecular weight excluding hydrogens is 696 g/mol. The number of methoxy groups -OCH3 is 3. The minimum atomic E-state index is -3.05. The van der Waals surface area contributed by atoms with E-state index in [9.17, 15) is 19.5 Å². The molecule has 2 heterocycles. The number of hydrogen-bond acceptors (Lipinski definition) is 14. The van der Waals surface area contributed by atoms with Crippen molar-refractivity contribution in [3.05, 3.63) is 60.7 Å². The Labute approximate surface area is 306 Å². The first-order valence-corrected chi connectivity index (χ1v) is 19.0. The molecule has 2 aromatic rings. The average molecular weight is 749 g/mol. The van der Waals surface area contributed by atoms with Gasteiger partial charge in [-0.3, -0.25) is 14.4 Å². The number of hydrogen-bond donors (Lipinski definition) is 1. The van der Waals surface area contributed by atoms with Crippen molar-refractivity contribution in [2.75, 3.05) is 34.5 Å². The van der Waals surface area contributed by atoms with E-state index in [0.717, 1.165) is 17.3 Å². The second-order valence-electron chi connectivity index (χ2n) is 13.7. The monoisotopic (exact) mass is 748 g/mol. The van der Waals surface area contributed by atoms with Crippen LogP contribution in [0.4, 0.5) is 0 Å². The van der Waals surface area contributed by atoms with Crippen LogP contribution in [0.25, 0.3) is 0 Å². The van der Waals surface area contributed by atoms with E-state index in [-0.39, 0.29) is 11.6 Å². The number of aliphatic hydroxyl groups excluding tert-OH is 1. The second kappa shape index (κ2) is 18.2. The fourth-order valence-electron chi connectivity index (χ4n) is 7.08. The Morgan fingerprint density at radius 2 is 1.15 bits per heavy atom. The van der Waals surface area contributed by atoms with Gasteiger partial charge >= 0.3 is 17.9 Å². The molecule has 14 nitrogen and oxygen atoms in total. The molecule has 2 aromatic carbocycles. The van der Waals surface area contributed by atoms with Gasteiger partial charge in [0.15, 0.2) is 24.8 Å². The fourth-order valence-corrected chi connectivity index (χ4v) is 11.7. The van der Waals surface area contributed by atoms with Gasteiger partial charge in [-0.15, -0.1) is 0 Å². The summed E-state index contributed by atoms with van der Waals surface area (Å²) in [5.41, 5.74) is 0. The number of carbonyl (C=O) groups is 3. The Morgan fingerprint density at radius 3 is 1.62 bits per heavy atom. The molecule has 0 unspecified atom stereocenters. The smallest absolute Gasteiger partial charge is 0.303 e. The van der Waals surface area contributed by atoms with Crippen LogP contribution in [0.3, 0.4) is 0 Å². The fraction of sp³-hybridized carbons (Fsp3) is 0.595. The molecule has 2 aliphatic rings. The Hall–Kier alpha value is -3.25. The summed E-state index contributed by atoms with van der Waals surface area (Å²) in [5.74, 6) is -2.13. The lowest BCUT2D eigenvalue weighted by atomic mass is 9.96. The highest BCUT2D eigenvalue weighted by Gasteiger charge is 2.56. The highest BCUT2D eigenvalue weighted by molar-refractivity contribution is 6.99. The third-order valence-corrected chi connectivity index (χ3v) is 14.2. The number of ether oxygens (including phenoxy) is 9. The second-order valence-corrected chi connectivity index (χ2v) is 18.0. The number of esters is 3. The molecule has 0 bridgehead atoms. The lowest BCUT2D eigenvalue weighted by Crippen LogP contribution is -2.69. The van der Waals surface area contributed by atoms with E-state index < -0.39 is 94.2 Å². The van der Waals surface area contributed by atoms with Crippen LogP contribution in [-0.4, -0.2) is 127 Å². The largest absolute Gasteiger partial charge is 0.463 e. The highest BCUT2D eigenvalue weighted by Crippen LogP contribution is 2.39. The van der Waals surface area contributed by atoms with Crippen molar-refractivity contribution < 1.29 is 66.5 Å². The average Bonchev–Trinajstić information content (AvgIpc) is 3.10. The minimum absolute atomic E-state index is 0.0359. The van der Waals surface area contributed by atoms with Crippen molar-refractivity contribution >= 4 is 36.6 Å². The summed E-state index contributed by atoms with van der Waals surface area (Å²) in [4.78, 5) is 36.3. The number of carbonyl (C=O) groups excluding carboxylic acids is 3. The summed E-state index contributed by atoms with van der Waals surface area (Å²) < 4.78 is 60.0. The normalized spacial score (nSPS) is 29.6. The molecular formula is C37H52O14Si. The van der Waals surface area contributed by atoms with Crippen molar-refractivity contribution in [1.82, 2.24) is 0 Å². The molecule has 2 fully saturated rings. The predicted octanol–water partition coefficient (Wildman–Crippen LogP) is 1.86. The molecule has 0 aliphatic carbocycles. The van der Waals surface area contributed by atoms with E-state index in [1.54, 1.807) is 0 Å². The van der Waals surface area contributed by atoms with Gasteiger partial charge in [0.2, 0.25) is 0 Å². The zero-order chi connectivity index (χ0) is 38.2. The molecule has 288 valence electrons. The maximum Gasteiger partial charge on any atom is 0.303 e. The third-order valence-electron chi connectivity index (χ3n) is 9.24. The van der Waals surface area contributed by atoms with Gasteiger partial charge in [-0.2, -0.15) is 0 Å². The minimum Gasteiger partial charge on any atom is -0.463 e. The van der Waals surface area contributed by atoms with Crippen LogP contribution in [0, 0.1) is 0 Å². The van der Waals surface area contributed by atoms with Gasteiger partial charge in [-0.25, -0.2) is 0 Å². The molecule has 4 rings (SSSR count). The lowest BCUT2D eigenvalue weighted by Gasteiger charge is -2.49. The Kier molecular flexibility index (Phi) is 14.5. The van der Waals surface area contributed by atoms with Gasteiger partial charge in [0, 0.05) is 42.1 Å². The standard InChI is InChI=1S/C37H52O14Si/c1-22(38)45-20-27-30(47-23(2)39)32(33(35(41)49-27)48-24(3)40)51-36-34(44-9)31(43-8)29(42-7)28(50-36)21-46-52(37(4,5)6,25-16-12-10-13-17-25)26-18-14-11-15-19-26/h10-19,27-36,41H,20-21H2,1-9H3/t27-,28-,29-,30-,31+,32+,33+,34+,35+,36-/m1/s1. The number of rotatable bonds is 14. The first-order valence-electron chi connectivity index (χ1n) is 17.1. The summed E-state index contributed by atoms with van der Waals surface area (Å²) in [7, 11) is 1.43. The lowest BCUT2D eigenvalue weighted by molar-refractivity contribution is -0.360. The van der Waals surface area contributed by atoms with Crippen LogP contribution in [0.1, 0.15) is 41.5 Å². The van der Waals surface area contributed by atoms with E-state index >= 15 is 0 Å². The molecule has 2 aliphatic heterocycles. The first kappa shape index (κ1) is 41.5. The highest BCUT2D eigenvalue weighted by atomic mass is 28.4. The topological polar surface area (TPSA) is 164 Å². The Balaban J connectivity index is 1.76.